The summed E-state index contributed by atoms with van der Waals surface area (Å²) in [7, 11) is 0. The van der Waals surface area contributed by atoms with E-state index in [4.69, 9.17) is 16.7 Å². The fraction of sp³-hybridized carbons (Fsp3) is 0.167. The normalized spacial score (nSPS) is 10.4. The highest BCUT2D eigenvalue weighted by Crippen LogP contribution is 2.21. The number of halogens is 1. The van der Waals surface area contributed by atoms with Crippen molar-refractivity contribution in [3.63, 3.8) is 0 Å². The molecule has 1 heterocycles. The second kappa shape index (κ2) is 5.01. The SMILES string of the molecule is O=C(O)CCc1[nH]c(-c2ccccc2)nc1Cl. The minimum Gasteiger partial charge on any atom is -0.481 e. The fourth-order valence-corrected chi connectivity index (χ4v) is 1.74. The molecule has 2 aromatic rings. The minimum atomic E-state index is -0.850. The van der Waals surface area contributed by atoms with E-state index in [1.165, 1.54) is 0 Å². The van der Waals surface area contributed by atoms with E-state index in [0.29, 0.717) is 23.1 Å². The van der Waals surface area contributed by atoms with Gasteiger partial charge < -0.3 is 10.1 Å². The van der Waals surface area contributed by atoms with E-state index in [1.807, 2.05) is 30.3 Å². The summed E-state index contributed by atoms with van der Waals surface area (Å²) < 4.78 is 0. The third-order valence-corrected chi connectivity index (χ3v) is 2.68. The molecule has 4 nitrogen and oxygen atoms in total. The van der Waals surface area contributed by atoms with E-state index in [0.717, 1.165) is 5.56 Å². The molecule has 0 aliphatic rings. The number of hydrogen-bond donors (Lipinski definition) is 2. The Morgan fingerprint density at radius 3 is 2.71 bits per heavy atom. The summed E-state index contributed by atoms with van der Waals surface area (Å²) >= 11 is 5.94. The minimum absolute atomic E-state index is 0.0378. The topological polar surface area (TPSA) is 66.0 Å². The van der Waals surface area contributed by atoms with Crippen molar-refractivity contribution in [3.8, 4) is 11.4 Å². The number of hydrogen-bond acceptors (Lipinski definition) is 2. The quantitative estimate of drug-likeness (QED) is 0.877. The van der Waals surface area contributed by atoms with Gasteiger partial charge in [-0.25, -0.2) is 4.98 Å². The van der Waals surface area contributed by atoms with Gasteiger partial charge in [-0.15, -0.1) is 0 Å². The molecule has 0 radical (unpaired) electrons. The fourth-order valence-electron chi connectivity index (χ4n) is 1.52. The Balaban J connectivity index is 2.22. The highest BCUT2D eigenvalue weighted by molar-refractivity contribution is 6.30. The molecule has 0 saturated carbocycles. The molecule has 17 heavy (non-hydrogen) atoms. The van der Waals surface area contributed by atoms with Gasteiger partial charge in [0.15, 0.2) is 5.15 Å². The molecule has 1 aromatic carbocycles. The Morgan fingerprint density at radius 2 is 2.06 bits per heavy atom. The molecule has 2 N–H and O–H groups in total. The molecule has 88 valence electrons. The molecule has 5 heteroatoms. The van der Waals surface area contributed by atoms with Crippen LogP contribution in [0, 0.1) is 0 Å². The molecule has 0 bridgehead atoms. The number of nitrogens with one attached hydrogen (secondary N) is 1. The summed E-state index contributed by atoms with van der Waals surface area (Å²) in [4.78, 5) is 17.7. The summed E-state index contributed by atoms with van der Waals surface area (Å²) in [6.45, 7) is 0. The number of aliphatic carboxylic acids is 1. The lowest BCUT2D eigenvalue weighted by atomic mass is 10.2. The predicted molar refractivity (Wildman–Crippen MR) is 65.0 cm³/mol. The lowest BCUT2D eigenvalue weighted by Gasteiger charge is -1.95. The van der Waals surface area contributed by atoms with Crippen molar-refractivity contribution in [2.24, 2.45) is 0 Å². The van der Waals surface area contributed by atoms with Crippen molar-refractivity contribution in [1.29, 1.82) is 0 Å². The molecular formula is C12H11ClN2O2. The molecule has 0 fully saturated rings. The lowest BCUT2D eigenvalue weighted by molar-refractivity contribution is -0.136. The summed E-state index contributed by atoms with van der Waals surface area (Å²) in [6.07, 6.45) is 0.393. The van der Waals surface area contributed by atoms with Crippen molar-refractivity contribution in [2.75, 3.05) is 0 Å². The second-order valence-electron chi connectivity index (χ2n) is 3.61. The van der Waals surface area contributed by atoms with Crippen LogP contribution in [0.1, 0.15) is 12.1 Å². The van der Waals surface area contributed by atoms with Crippen LogP contribution in [-0.2, 0) is 11.2 Å². The molecule has 1 aromatic heterocycles. The number of aromatic nitrogens is 2. The van der Waals surface area contributed by atoms with Gasteiger partial charge in [0, 0.05) is 12.0 Å². The molecule has 0 aliphatic carbocycles. The third kappa shape index (κ3) is 2.85. The van der Waals surface area contributed by atoms with E-state index >= 15 is 0 Å². The zero-order valence-corrected chi connectivity index (χ0v) is 9.74. The first-order valence-electron chi connectivity index (χ1n) is 5.18. The maximum atomic E-state index is 10.5. The van der Waals surface area contributed by atoms with Crippen LogP contribution in [0.25, 0.3) is 11.4 Å². The predicted octanol–water partition coefficient (Wildman–Crippen LogP) is 2.75. The van der Waals surface area contributed by atoms with Crippen LogP contribution in [0.15, 0.2) is 30.3 Å². The first-order valence-corrected chi connectivity index (χ1v) is 5.56. The lowest BCUT2D eigenvalue weighted by Crippen LogP contribution is -1.98. The number of aryl methyl sites for hydroxylation is 1. The Bertz CT molecular complexity index is 523. The number of nitrogens with zero attached hydrogens (tertiary/aromatic N) is 1. The van der Waals surface area contributed by atoms with Crippen LogP contribution in [0.5, 0.6) is 0 Å². The molecule has 2 rings (SSSR count). The molecule has 0 unspecified atom stereocenters. The van der Waals surface area contributed by atoms with Gasteiger partial charge in [0.25, 0.3) is 0 Å². The van der Waals surface area contributed by atoms with Crippen LogP contribution in [0.4, 0.5) is 0 Å². The molecular weight excluding hydrogens is 240 g/mol. The standard InChI is InChI=1S/C12H11ClN2O2/c13-11-9(6-7-10(16)17)14-12(15-11)8-4-2-1-3-5-8/h1-5H,6-7H2,(H,14,15)(H,16,17). The summed E-state index contributed by atoms with van der Waals surface area (Å²) in [5, 5.41) is 8.95. The Kier molecular flexibility index (Phi) is 3.44. The monoisotopic (exact) mass is 250 g/mol. The molecule has 0 atom stereocenters. The Morgan fingerprint density at radius 1 is 1.35 bits per heavy atom. The number of rotatable bonds is 4. The number of aromatic amines is 1. The average molecular weight is 251 g/mol. The van der Waals surface area contributed by atoms with E-state index in [9.17, 15) is 4.79 Å². The zero-order chi connectivity index (χ0) is 12.3. The van der Waals surface area contributed by atoms with Gasteiger partial charge in [-0.1, -0.05) is 41.9 Å². The first kappa shape index (κ1) is 11.7. The zero-order valence-electron chi connectivity index (χ0n) is 8.98. The number of benzene rings is 1. The van der Waals surface area contributed by atoms with E-state index < -0.39 is 5.97 Å². The first-order chi connectivity index (χ1) is 8.16. The van der Waals surface area contributed by atoms with Gasteiger partial charge in [-0.3, -0.25) is 4.79 Å². The van der Waals surface area contributed by atoms with Crippen LogP contribution in [0.2, 0.25) is 5.15 Å². The van der Waals surface area contributed by atoms with Gasteiger partial charge in [-0.2, -0.15) is 0 Å². The van der Waals surface area contributed by atoms with Crippen molar-refractivity contribution in [1.82, 2.24) is 9.97 Å². The van der Waals surface area contributed by atoms with Crippen molar-refractivity contribution in [3.05, 3.63) is 41.2 Å². The smallest absolute Gasteiger partial charge is 0.303 e. The van der Waals surface area contributed by atoms with E-state index in [1.54, 1.807) is 0 Å². The number of H-pyrrole nitrogens is 1. The number of carboxylic acids is 1. The third-order valence-electron chi connectivity index (χ3n) is 2.36. The summed E-state index contributed by atoms with van der Waals surface area (Å²) in [6, 6.07) is 9.55. The van der Waals surface area contributed by atoms with Crippen molar-refractivity contribution < 1.29 is 9.90 Å². The van der Waals surface area contributed by atoms with Crippen molar-refractivity contribution in [2.45, 2.75) is 12.8 Å². The van der Waals surface area contributed by atoms with Crippen molar-refractivity contribution >= 4 is 17.6 Å². The molecule has 0 saturated heterocycles. The average Bonchev–Trinajstić information content (AvgIpc) is 2.69. The number of carboxylic acid groups (broad SMARTS) is 1. The summed E-state index contributed by atoms with van der Waals surface area (Å²) in [5.74, 6) is -0.187. The van der Waals surface area contributed by atoms with Gasteiger partial charge in [0.1, 0.15) is 5.82 Å². The van der Waals surface area contributed by atoms with Crippen LogP contribution >= 0.6 is 11.6 Å². The number of imidazole rings is 1. The van der Waals surface area contributed by atoms with Crippen LogP contribution in [-0.4, -0.2) is 21.0 Å². The van der Waals surface area contributed by atoms with Gasteiger partial charge in [-0.05, 0) is 0 Å². The van der Waals surface area contributed by atoms with E-state index in [2.05, 4.69) is 9.97 Å². The number of carbonyl (C=O) groups is 1. The second-order valence-corrected chi connectivity index (χ2v) is 3.97. The molecule has 0 aliphatic heterocycles. The van der Waals surface area contributed by atoms with E-state index in [-0.39, 0.29) is 6.42 Å². The van der Waals surface area contributed by atoms with Gasteiger partial charge in [0.05, 0.1) is 12.1 Å². The molecule has 0 spiro atoms. The van der Waals surface area contributed by atoms with Gasteiger partial charge >= 0.3 is 5.97 Å². The maximum Gasteiger partial charge on any atom is 0.303 e. The Hall–Kier alpha value is -1.81. The van der Waals surface area contributed by atoms with Crippen LogP contribution in [0.3, 0.4) is 0 Å². The van der Waals surface area contributed by atoms with Crippen LogP contribution < -0.4 is 0 Å². The van der Waals surface area contributed by atoms with Gasteiger partial charge in [0.2, 0.25) is 0 Å². The maximum absolute atomic E-state index is 10.5. The summed E-state index contributed by atoms with van der Waals surface area (Å²) in [5.41, 5.74) is 1.59. The highest BCUT2D eigenvalue weighted by atomic mass is 35.5. The largest absolute Gasteiger partial charge is 0.481 e. The highest BCUT2D eigenvalue weighted by Gasteiger charge is 2.10. The Labute approximate surface area is 103 Å². The molecule has 0 amide bonds.